The van der Waals surface area contributed by atoms with Crippen molar-refractivity contribution in [3.05, 3.63) is 112 Å². The van der Waals surface area contributed by atoms with Gasteiger partial charge in [-0.05, 0) is 29.7 Å². The van der Waals surface area contributed by atoms with Crippen molar-refractivity contribution >= 4 is 29.1 Å². The third-order valence-corrected chi connectivity index (χ3v) is 5.51. The highest BCUT2D eigenvalue weighted by Crippen LogP contribution is 2.39. The van der Waals surface area contributed by atoms with Gasteiger partial charge in [0.15, 0.2) is 0 Å². The molecule has 150 valence electrons. The molecule has 1 aliphatic heterocycles. The quantitative estimate of drug-likeness (QED) is 0.361. The number of aliphatic hydroxyl groups excluding tert-OH is 1. The van der Waals surface area contributed by atoms with Crippen molar-refractivity contribution < 1.29 is 14.7 Å². The number of carbonyl (C=O) groups is 2. The van der Waals surface area contributed by atoms with Crippen LogP contribution in [0.5, 0.6) is 0 Å². The smallest absolute Gasteiger partial charge is 0.295 e. The summed E-state index contributed by atoms with van der Waals surface area (Å²) in [5.74, 6) is -1.45. The maximum Gasteiger partial charge on any atom is 0.295 e. The Morgan fingerprint density at radius 1 is 0.867 bits per heavy atom. The number of carbonyl (C=O) groups excluding carboxylic acids is 2. The Morgan fingerprint density at radius 3 is 2.10 bits per heavy atom. The van der Waals surface area contributed by atoms with Crippen LogP contribution in [0.3, 0.4) is 0 Å². The molecule has 1 fully saturated rings. The van der Waals surface area contributed by atoms with Gasteiger partial charge in [0.1, 0.15) is 5.76 Å². The first-order valence-corrected chi connectivity index (χ1v) is 10.1. The number of rotatable bonds is 5. The number of nitrogens with zero attached hydrogens (tertiary/aromatic N) is 1. The molecule has 4 rings (SSSR count). The molecule has 1 amide bonds. The van der Waals surface area contributed by atoms with Gasteiger partial charge < -0.3 is 10.0 Å². The summed E-state index contributed by atoms with van der Waals surface area (Å²) >= 11 is 6.04. The van der Waals surface area contributed by atoms with Gasteiger partial charge in [-0.1, -0.05) is 84.4 Å². The fraction of sp³-hybridized carbons (Fsp3) is 0.120. The average molecular weight is 418 g/mol. The largest absolute Gasteiger partial charge is 0.507 e. The van der Waals surface area contributed by atoms with E-state index in [0.717, 1.165) is 11.1 Å². The van der Waals surface area contributed by atoms with Crippen LogP contribution in [0.1, 0.15) is 22.7 Å². The first-order valence-electron chi connectivity index (χ1n) is 9.69. The Balaban J connectivity index is 1.78. The van der Waals surface area contributed by atoms with E-state index in [0.29, 0.717) is 23.6 Å². The lowest BCUT2D eigenvalue weighted by Crippen LogP contribution is -2.31. The Bertz CT molecular complexity index is 1090. The minimum atomic E-state index is -0.677. The zero-order valence-corrected chi connectivity index (χ0v) is 16.9. The van der Waals surface area contributed by atoms with E-state index < -0.39 is 17.7 Å². The summed E-state index contributed by atoms with van der Waals surface area (Å²) in [5, 5.41) is 11.5. The van der Waals surface area contributed by atoms with E-state index in [4.69, 9.17) is 11.6 Å². The van der Waals surface area contributed by atoms with Crippen molar-refractivity contribution in [3.63, 3.8) is 0 Å². The first-order chi connectivity index (χ1) is 14.6. The van der Waals surface area contributed by atoms with Gasteiger partial charge in [0.25, 0.3) is 11.7 Å². The maximum absolute atomic E-state index is 13.0. The van der Waals surface area contributed by atoms with Crippen LogP contribution in [0.2, 0.25) is 5.02 Å². The molecule has 5 heteroatoms. The molecule has 1 heterocycles. The van der Waals surface area contributed by atoms with Gasteiger partial charge in [-0.2, -0.15) is 0 Å². The predicted octanol–water partition coefficient (Wildman–Crippen LogP) is 5.00. The molecule has 0 bridgehead atoms. The molecular weight excluding hydrogens is 398 g/mol. The minimum absolute atomic E-state index is 0.0987. The summed E-state index contributed by atoms with van der Waals surface area (Å²) in [7, 11) is 0. The SMILES string of the molecule is O=C1C(=O)N(CCc2ccccc2)C(c2ccc(Cl)cc2)/C1=C(\O)c1ccccc1. The third kappa shape index (κ3) is 3.87. The number of aliphatic hydroxyl groups is 1. The van der Waals surface area contributed by atoms with Crippen LogP contribution >= 0.6 is 11.6 Å². The first kappa shape index (κ1) is 19.9. The zero-order valence-electron chi connectivity index (χ0n) is 16.2. The van der Waals surface area contributed by atoms with E-state index >= 15 is 0 Å². The summed E-state index contributed by atoms with van der Waals surface area (Å²) in [5.41, 5.74) is 2.39. The number of amides is 1. The number of likely N-dealkylation sites (tertiary alicyclic amines) is 1. The van der Waals surface area contributed by atoms with E-state index in [1.165, 1.54) is 4.90 Å². The standard InChI is InChI=1S/C25H20ClNO3/c26-20-13-11-18(12-14-20)22-21(23(28)19-9-5-2-6-10-19)24(29)25(30)27(22)16-15-17-7-3-1-4-8-17/h1-14,22,28H,15-16H2/b23-21+. The molecule has 0 saturated carbocycles. The van der Waals surface area contributed by atoms with Gasteiger partial charge >= 0.3 is 0 Å². The van der Waals surface area contributed by atoms with Crippen LogP contribution < -0.4 is 0 Å². The number of halogens is 1. The molecule has 1 saturated heterocycles. The van der Waals surface area contributed by atoms with Crippen molar-refractivity contribution in [1.29, 1.82) is 0 Å². The Labute approximate surface area is 180 Å². The van der Waals surface area contributed by atoms with E-state index in [9.17, 15) is 14.7 Å². The van der Waals surface area contributed by atoms with Crippen molar-refractivity contribution in [3.8, 4) is 0 Å². The molecule has 0 aromatic heterocycles. The second-order valence-corrected chi connectivity index (χ2v) is 7.58. The average Bonchev–Trinajstić information content (AvgIpc) is 3.04. The molecule has 1 unspecified atom stereocenters. The van der Waals surface area contributed by atoms with Gasteiger partial charge in [0.2, 0.25) is 0 Å². The van der Waals surface area contributed by atoms with Gasteiger partial charge in [0.05, 0.1) is 11.6 Å². The van der Waals surface area contributed by atoms with E-state index in [-0.39, 0.29) is 11.3 Å². The minimum Gasteiger partial charge on any atom is -0.507 e. The van der Waals surface area contributed by atoms with E-state index in [2.05, 4.69) is 0 Å². The van der Waals surface area contributed by atoms with Crippen molar-refractivity contribution in [2.45, 2.75) is 12.5 Å². The second-order valence-electron chi connectivity index (χ2n) is 7.15. The molecule has 0 spiro atoms. The van der Waals surface area contributed by atoms with E-state index in [1.807, 2.05) is 36.4 Å². The topological polar surface area (TPSA) is 57.6 Å². The van der Waals surface area contributed by atoms with Crippen molar-refractivity contribution in [1.82, 2.24) is 4.90 Å². The van der Waals surface area contributed by atoms with Gasteiger partial charge in [0, 0.05) is 17.1 Å². The molecule has 1 aliphatic rings. The number of benzene rings is 3. The Morgan fingerprint density at radius 2 is 1.47 bits per heavy atom. The van der Waals surface area contributed by atoms with Crippen LogP contribution in [-0.2, 0) is 16.0 Å². The Hall–Kier alpha value is -3.37. The van der Waals surface area contributed by atoms with Gasteiger partial charge in [-0.25, -0.2) is 0 Å². The second kappa shape index (κ2) is 8.56. The van der Waals surface area contributed by atoms with Gasteiger partial charge in [-0.15, -0.1) is 0 Å². The Kier molecular flexibility index (Phi) is 5.68. The number of hydrogen-bond donors (Lipinski definition) is 1. The van der Waals surface area contributed by atoms with Crippen LogP contribution in [0.4, 0.5) is 0 Å². The lowest BCUT2D eigenvalue weighted by atomic mass is 9.95. The monoisotopic (exact) mass is 417 g/mol. The normalized spacial score (nSPS) is 18.0. The number of Topliss-reactive ketones (excluding diaryl/α,β-unsaturated/α-hetero) is 1. The lowest BCUT2D eigenvalue weighted by molar-refractivity contribution is -0.139. The molecule has 1 atom stereocenters. The number of ketones is 1. The molecule has 0 radical (unpaired) electrons. The highest BCUT2D eigenvalue weighted by molar-refractivity contribution is 6.46. The molecule has 1 N–H and O–H groups in total. The summed E-state index contributed by atoms with van der Waals surface area (Å²) < 4.78 is 0. The zero-order chi connectivity index (χ0) is 21.1. The van der Waals surface area contributed by atoms with E-state index in [1.54, 1.807) is 48.5 Å². The lowest BCUT2D eigenvalue weighted by Gasteiger charge is -2.25. The summed E-state index contributed by atoms with van der Waals surface area (Å²) in [6.45, 7) is 0.355. The summed E-state index contributed by atoms with van der Waals surface area (Å²) in [4.78, 5) is 27.4. The number of hydrogen-bond acceptors (Lipinski definition) is 3. The van der Waals surface area contributed by atoms with Crippen LogP contribution in [0, 0.1) is 0 Å². The fourth-order valence-electron chi connectivity index (χ4n) is 3.75. The molecule has 3 aromatic rings. The molecule has 4 nitrogen and oxygen atoms in total. The molecular formula is C25H20ClNO3. The predicted molar refractivity (Wildman–Crippen MR) is 117 cm³/mol. The summed E-state index contributed by atoms with van der Waals surface area (Å²) in [6.07, 6.45) is 0.601. The molecule has 30 heavy (non-hydrogen) atoms. The fourth-order valence-corrected chi connectivity index (χ4v) is 3.87. The third-order valence-electron chi connectivity index (χ3n) is 5.26. The maximum atomic E-state index is 13.0. The molecule has 3 aromatic carbocycles. The van der Waals surface area contributed by atoms with Crippen molar-refractivity contribution in [2.75, 3.05) is 6.54 Å². The molecule has 0 aliphatic carbocycles. The van der Waals surface area contributed by atoms with Crippen molar-refractivity contribution in [2.24, 2.45) is 0 Å². The van der Waals surface area contributed by atoms with Gasteiger partial charge in [-0.3, -0.25) is 9.59 Å². The highest BCUT2D eigenvalue weighted by atomic mass is 35.5. The van der Waals surface area contributed by atoms with Crippen LogP contribution in [0.15, 0.2) is 90.5 Å². The van der Waals surface area contributed by atoms with Crippen LogP contribution in [0.25, 0.3) is 5.76 Å². The summed E-state index contributed by atoms with van der Waals surface area (Å²) in [6, 6.07) is 24.9. The highest BCUT2D eigenvalue weighted by Gasteiger charge is 2.45. The van der Waals surface area contributed by atoms with Crippen LogP contribution in [-0.4, -0.2) is 28.2 Å².